The molecule has 1 rings (SSSR count). The largest absolute Gasteiger partial charge is 0.396 e. The number of hydrogen-bond acceptors (Lipinski definition) is 2. The van der Waals surface area contributed by atoms with Gasteiger partial charge in [0.1, 0.15) is 0 Å². The summed E-state index contributed by atoms with van der Waals surface area (Å²) < 4.78 is 1.93. The standard InChI is InChI=1S/C8H15N3/c1-6-7(9)5-10-11(6)8(2,3)4/h5H,9H2,1-4H3. The summed E-state index contributed by atoms with van der Waals surface area (Å²) in [7, 11) is 0. The monoisotopic (exact) mass is 153 g/mol. The van der Waals surface area contributed by atoms with Crippen LogP contribution in [0.1, 0.15) is 26.5 Å². The molecule has 1 heterocycles. The summed E-state index contributed by atoms with van der Waals surface area (Å²) in [6, 6.07) is 0. The first-order chi connectivity index (χ1) is 4.93. The molecule has 0 saturated heterocycles. The highest BCUT2D eigenvalue weighted by Crippen LogP contribution is 2.18. The highest BCUT2D eigenvalue weighted by atomic mass is 15.3. The van der Waals surface area contributed by atoms with Gasteiger partial charge in [-0.1, -0.05) is 0 Å². The molecule has 0 unspecified atom stereocenters. The quantitative estimate of drug-likeness (QED) is 0.614. The minimum absolute atomic E-state index is 0.0295. The van der Waals surface area contributed by atoms with Crippen molar-refractivity contribution in [3.8, 4) is 0 Å². The smallest absolute Gasteiger partial charge is 0.0730 e. The zero-order chi connectivity index (χ0) is 8.65. The first-order valence-corrected chi connectivity index (χ1v) is 3.73. The molecule has 0 aliphatic rings. The Morgan fingerprint density at radius 1 is 1.45 bits per heavy atom. The zero-order valence-corrected chi connectivity index (χ0v) is 7.55. The molecule has 0 aromatic carbocycles. The van der Waals surface area contributed by atoms with Gasteiger partial charge in [0, 0.05) is 0 Å². The second-order valence-corrected chi connectivity index (χ2v) is 3.77. The molecule has 11 heavy (non-hydrogen) atoms. The van der Waals surface area contributed by atoms with E-state index >= 15 is 0 Å². The number of nitrogens with zero attached hydrogens (tertiary/aromatic N) is 2. The van der Waals surface area contributed by atoms with Crippen LogP contribution in [0.5, 0.6) is 0 Å². The van der Waals surface area contributed by atoms with Crippen molar-refractivity contribution in [1.82, 2.24) is 9.78 Å². The Hall–Kier alpha value is -0.990. The van der Waals surface area contributed by atoms with Crippen LogP contribution >= 0.6 is 0 Å². The lowest BCUT2D eigenvalue weighted by Gasteiger charge is -2.21. The lowest BCUT2D eigenvalue weighted by Crippen LogP contribution is -2.24. The Morgan fingerprint density at radius 2 is 2.00 bits per heavy atom. The van der Waals surface area contributed by atoms with Gasteiger partial charge in [0.25, 0.3) is 0 Å². The fraction of sp³-hybridized carbons (Fsp3) is 0.625. The van der Waals surface area contributed by atoms with Gasteiger partial charge in [0.05, 0.1) is 23.1 Å². The number of aromatic nitrogens is 2. The molecule has 62 valence electrons. The minimum atomic E-state index is 0.0295. The Labute approximate surface area is 67.2 Å². The molecular weight excluding hydrogens is 138 g/mol. The van der Waals surface area contributed by atoms with E-state index in [1.165, 1.54) is 0 Å². The molecule has 0 amide bonds. The lowest BCUT2D eigenvalue weighted by molar-refractivity contribution is 0.348. The van der Waals surface area contributed by atoms with Gasteiger partial charge in [-0.15, -0.1) is 0 Å². The van der Waals surface area contributed by atoms with Crippen LogP contribution in [0.4, 0.5) is 5.69 Å². The Balaban J connectivity index is 3.15. The summed E-state index contributed by atoms with van der Waals surface area (Å²) in [6.45, 7) is 8.29. The second-order valence-electron chi connectivity index (χ2n) is 3.77. The summed E-state index contributed by atoms with van der Waals surface area (Å²) in [4.78, 5) is 0. The van der Waals surface area contributed by atoms with Crippen LogP contribution in [0.3, 0.4) is 0 Å². The first-order valence-electron chi connectivity index (χ1n) is 3.73. The predicted octanol–water partition coefficient (Wildman–Crippen LogP) is 1.53. The van der Waals surface area contributed by atoms with E-state index in [-0.39, 0.29) is 5.54 Å². The van der Waals surface area contributed by atoms with Gasteiger partial charge in [-0.25, -0.2) is 0 Å². The third-order valence-corrected chi connectivity index (χ3v) is 1.68. The maximum absolute atomic E-state index is 5.65. The summed E-state index contributed by atoms with van der Waals surface area (Å²) in [5.74, 6) is 0. The van der Waals surface area contributed by atoms with E-state index < -0.39 is 0 Å². The van der Waals surface area contributed by atoms with E-state index in [9.17, 15) is 0 Å². The molecule has 0 radical (unpaired) electrons. The van der Waals surface area contributed by atoms with Crippen molar-refractivity contribution < 1.29 is 0 Å². The van der Waals surface area contributed by atoms with E-state index in [1.807, 2.05) is 11.6 Å². The van der Waals surface area contributed by atoms with Crippen LogP contribution in [0.15, 0.2) is 6.20 Å². The zero-order valence-electron chi connectivity index (χ0n) is 7.55. The van der Waals surface area contributed by atoms with Crippen molar-refractivity contribution in [2.45, 2.75) is 33.2 Å². The van der Waals surface area contributed by atoms with Crippen LogP contribution in [-0.2, 0) is 5.54 Å². The topological polar surface area (TPSA) is 43.8 Å². The maximum atomic E-state index is 5.65. The molecule has 1 aromatic heterocycles. The highest BCUT2D eigenvalue weighted by molar-refractivity contribution is 5.40. The Morgan fingerprint density at radius 3 is 2.18 bits per heavy atom. The van der Waals surface area contributed by atoms with Gasteiger partial charge in [-0.05, 0) is 27.7 Å². The average Bonchev–Trinajstić information content (AvgIpc) is 2.11. The van der Waals surface area contributed by atoms with E-state index in [0.29, 0.717) is 0 Å². The van der Waals surface area contributed by atoms with Gasteiger partial charge < -0.3 is 5.73 Å². The molecular formula is C8H15N3. The van der Waals surface area contributed by atoms with E-state index in [0.717, 1.165) is 11.4 Å². The normalized spacial score (nSPS) is 12.0. The van der Waals surface area contributed by atoms with Gasteiger partial charge in [-0.3, -0.25) is 4.68 Å². The average molecular weight is 153 g/mol. The summed E-state index contributed by atoms with van der Waals surface area (Å²) >= 11 is 0. The fourth-order valence-corrected chi connectivity index (χ4v) is 1.10. The number of rotatable bonds is 0. The van der Waals surface area contributed by atoms with Crippen molar-refractivity contribution in [1.29, 1.82) is 0 Å². The molecule has 0 fully saturated rings. The van der Waals surface area contributed by atoms with E-state index in [4.69, 9.17) is 5.73 Å². The minimum Gasteiger partial charge on any atom is -0.396 e. The van der Waals surface area contributed by atoms with E-state index in [2.05, 4.69) is 25.9 Å². The molecule has 0 aliphatic heterocycles. The van der Waals surface area contributed by atoms with Crippen molar-refractivity contribution >= 4 is 5.69 Å². The van der Waals surface area contributed by atoms with Crippen molar-refractivity contribution in [3.05, 3.63) is 11.9 Å². The van der Waals surface area contributed by atoms with Crippen molar-refractivity contribution in [2.75, 3.05) is 5.73 Å². The van der Waals surface area contributed by atoms with Gasteiger partial charge >= 0.3 is 0 Å². The number of nitrogens with two attached hydrogens (primary N) is 1. The molecule has 3 heteroatoms. The van der Waals surface area contributed by atoms with Crippen molar-refractivity contribution in [2.24, 2.45) is 0 Å². The Bertz CT molecular complexity index is 255. The SMILES string of the molecule is Cc1c(N)cnn1C(C)(C)C. The molecule has 0 aliphatic carbocycles. The predicted molar refractivity (Wildman–Crippen MR) is 46.4 cm³/mol. The van der Waals surface area contributed by atoms with Crippen LogP contribution in [0.25, 0.3) is 0 Å². The third-order valence-electron chi connectivity index (χ3n) is 1.68. The second kappa shape index (κ2) is 2.26. The number of hydrogen-bond donors (Lipinski definition) is 1. The lowest BCUT2D eigenvalue weighted by atomic mass is 10.1. The third kappa shape index (κ3) is 1.37. The molecule has 2 N–H and O–H groups in total. The van der Waals surface area contributed by atoms with Crippen LogP contribution < -0.4 is 5.73 Å². The fourth-order valence-electron chi connectivity index (χ4n) is 1.10. The molecule has 0 saturated carbocycles. The summed E-state index contributed by atoms with van der Waals surface area (Å²) in [5, 5.41) is 4.18. The first kappa shape index (κ1) is 8.11. The molecule has 3 nitrogen and oxygen atoms in total. The molecule has 0 atom stereocenters. The summed E-state index contributed by atoms with van der Waals surface area (Å²) in [5.41, 5.74) is 7.49. The molecule has 0 bridgehead atoms. The number of anilines is 1. The number of nitrogen functional groups attached to an aromatic ring is 1. The summed E-state index contributed by atoms with van der Waals surface area (Å²) in [6.07, 6.45) is 1.70. The van der Waals surface area contributed by atoms with Crippen LogP contribution in [0.2, 0.25) is 0 Å². The van der Waals surface area contributed by atoms with Gasteiger partial charge in [0.2, 0.25) is 0 Å². The van der Waals surface area contributed by atoms with E-state index in [1.54, 1.807) is 6.20 Å². The molecule has 0 spiro atoms. The van der Waals surface area contributed by atoms with Gasteiger partial charge in [0.15, 0.2) is 0 Å². The van der Waals surface area contributed by atoms with Gasteiger partial charge in [-0.2, -0.15) is 5.10 Å². The molecule has 1 aromatic rings. The maximum Gasteiger partial charge on any atom is 0.0730 e. The van der Waals surface area contributed by atoms with Crippen LogP contribution in [-0.4, -0.2) is 9.78 Å². The highest BCUT2D eigenvalue weighted by Gasteiger charge is 2.16. The van der Waals surface area contributed by atoms with Crippen LogP contribution in [0, 0.1) is 6.92 Å². The van der Waals surface area contributed by atoms with Crippen molar-refractivity contribution in [3.63, 3.8) is 0 Å². The Kier molecular flexibility index (Phi) is 1.66.